The zero-order valence-corrected chi connectivity index (χ0v) is 6.77. The maximum atomic E-state index is 10.9. The van der Waals surface area contributed by atoms with Gasteiger partial charge in [-0.1, -0.05) is 0 Å². The van der Waals surface area contributed by atoms with Gasteiger partial charge in [0.1, 0.15) is 0 Å². The van der Waals surface area contributed by atoms with Crippen molar-refractivity contribution in [3.8, 4) is 0 Å². The van der Waals surface area contributed by atoms with Gasteiger partial charge in [0.2, 0.25) is 0 Å². The zero-order valence-electron chi connectivity index (χ0n) is 5.95. The summed E-state index contributed by atoms with van der Waals surface area (Å²) < 4.78 is 25.3. The van der Waals surface area contributed by atoms with E-state index in [1.54, 1.807) is 18.4 Å². The van der Waals surface area contributed by atoms with Gasteiger partial charge >= 0.3 is 0 Å². The van der Waals surface area contributed by atoms with E-state index in [9.17, 15) is 8.42 Å². The largest absolute Gasteiger partial charge is 0.278 e. The smallest absolute Gasteiger partial charge is 0.221 e. The molecule has 0 radical (unpaired) electrons. The third kappa shape index (κ3) is 1.16. The normalized spacial score (nSPS) is 23.7. The summed E-state index contributed by atoms with van der Waals surface area (Å²) in [6.45, 7) is 0. The second kappa shape index (κ2) is 2.28. The van der Waals surface area contributed by atoms with Gasteiger partial charge in [0.25, 0.3) is 10.0 Å². The molecule has 6 heteroatoms. The number of fused-ring (bicyclic) bond motifs is 1. The molecule has 2 aliphatic heterocycles. The fourth-order valence-electron chi connectivity index (χ4n) is 0.857. The Morgan fingerprint density at radius 2 is 2.25 bits per heavy atom. The van der Waals surface area contributed by atoms with Crippen molar-refractivity contribution in [2.75, 3.05) is 0 Å². The van der Waals surface area contributed by atoms with Crippen molar-refractivity contribution in [1.82, 2.24) is 5.01 Å². The van der Waals surface area contributed by atoms with E-state index < -0.39 is 10.0 Å². The monoisotopic (exact) mass is 183 g/mol. The van der Waals surface area contributed by atoms with Gasteiger partial charge in [-0.3, -0.25) is 0 Å². The van der Waals surface area contributed by atoms with Crippen LogP contribution in [0.1, 0.15) is 0 Å². The van der Waals surface area contributed by atoms with Crippen LogP contribution in [0.4, 0.5) is 0 Å². The summed E-state index contributed by atoms with van der Waals surface area (Å²) in [6.07, 6.45) is 6.12. The zero-order chi connectivity index (χ0) is 8.60. The lowest BCUT2D eigenvalue weighted by Crippen LogP contribution is -2.24. The van der Waals surface area contributed by atoms with Crippen molar-refractivity contribution in [2.45, 2.75) is 0 Å². The highest BCUT2D eigenvalue weighted by molar-refractivity contribution is 7.93. The minimum absolute atomic E-state index is 0.319. The number of hydrazone groups is 1. The quantitative estimate of drug-likeness (QED) is 0.533. The Balaban J connectivity index is 2.50. The lowest BCUT2D eigenvalue weighted by molar-refractivity contribution is 0.582. The molecule has 0 bridgehead atoms. The number of nitrogens with zero attached hydrogens (tertiary/aromatic N) is 3. The first-order valence-corrected chi connectivity index (χ1v) is 4.71. The maximum absolute atomic E-state index is 10.9. The number of rotatable bonds is 0. The summed E-state index contributed by atoms with van der Waals surface area (Å²) in [5.41, 5.74) is 0. The summed E-state index contributed by atoms with van der Waals surface area (Å²) in [5, 5.41) is 6.25. The fourth-order valence-corrected chi connectivity index (χ4v) is 1.59. The summed E-state index contributed by atoms with van der Waals surface area (Å²) >= 11 is 0. The molecule has 0 aromatic heterocycles. The number of sulfonamides is 1. The van der Waals surface area contributed by atoms with Gasteiger partial charge in [-0.2, -0.15) is 13.5 Å². The van der Waals surface area contributed by atoms with Gasteiger partial charge in [0.05, 0.1) is 5.41 Å². The lowest BCUT2D eigenvalue weighted by atomic mass is 10.4. The first-order valence-electron chi connectivity index (χ1n) is 3.20. The Hall–Kier alpha value is -1.43. The van der Waals surface area contributed by atoms with Gasteiger partial charge in [-0.15, -0.1) is 4.40 Å². The van der Waals surface area contributed by atoms with Crippen LogP contribution in [0.25, 0.3) is 0 Å². The first kappa shape index (κ1) is 7.23. The van der Waals surface area contributed by atoms with Crippen LogP contribution in [0.2, 0.25) is 0 Å². The van der Waals surface area contributed by atoms with Gasteiger partial charge < -0.3 is 0 Å². The molecule has 62 valence electrons. The second-order valence-electron chi connectivity index (χ2n) is 2.22. The van der Waals surface area contributed by atoms with Crippen molar-refractivity contribution in [3.05, 3.63) is 23.8 Å². The van der Waals surface area contributed by atoms with E-state index >= 15 is 0 Å². The van der Waals surface area contributed by atoms with Gasteiger partial charge in [-0.25, -0.2) is 5.01 Å². The summed E-state index contributed by atoms with van der Waals surface area (Å²) in [4.78, 5) is 0. The molecular formula is C6H5N3O2S. The van der Waals surface area contributed by atoms with E-state index in [-0.39, 0.29) is 0 Å². The van der Waals surface area contributed by atoms with Crippen LogP contribution in [-0.2, 0) is 10.0 Å². The van der Waals surface area contributed by atoms with Crippen LogP contribution >= 0.6 is 0 Å². The minimum Gasteiger partial charge on any atom is -0.221 e. The van der Waals surface area contributed by atoms with E-state index in [1.165, 1.54) is 11.2 Å². The number of amidine groups is 1. The summed E-state index contributed by atoms with van der Waals surface area (Å²) in [6, 6.07) is 0. The SMILES string of the molecule is O=S1(=O)C=CN2N=CC=CC2=N1. The molecule has 0 aromatic carbocycles. The second-order valence-corrected chi connectivity index (χ2v) is 3.70. The highest BCUT2D eigenvalue weighted by Gasteiger charge is 2.16. The van der Waals surface area contributed by atoms with E-state index in [2.05, 4.69) is 9.50 Å². The number of hydrogen-bond donors (Lipinski definition) is 0. The van der Waals surface area contributed by atoms with Gasteiger partial charge in [-0.05, 0) is 12.2 Å². The van der Waals surface area contributed by atoms with Crippen molar-refractivity contribution in [3.63, 3.8) is 0 Å². The fraction of sp³-hybridized carbons (Fsp3) is 0. The Labute approximate surface area is 69.5 Å². The molecule has 0 spiro atoms. The minimum atomic E-state index is -3.41. The number of hydrogen-bond acceptors (Lipinski definition) is 4. The van der Waals surface area contributed by atoms with Crippen molar-refractivity contribution in [2.24, 2.45) is 9.50 Å². The highest BCUT2D eigenvalue weighted by atomic mass is 32.2. The van der Waals surface area contributed by atoms with E-state index in [0.29, 0.717) is 5.84 Å². The van der Waals surface area contributed by atoms with Crippen LogP contribution < -0.4 is 0 Å². The molecule has 0 N–H and O–H groups in total. The van der Waals surface area contributed by atoms with Gasteiger partial charge in [0.15, 0.2) is 5.84 Å². The number of allylic oxidation sites excluding steroid dienone is 1. The highest BCUT2D eigenvalue weighted by Crippen LogP contribution is 2.11. The van der Waals surface area contributed by atoms with E-state index in [4.69, 9.17) is 0 Å². The third-order valence-electron chi connectivity index (χ3n) is 1.35. The average Bonchev–Trinajstić information content (AvgIpc) is 2.02. The lowest BCUT2D eigenvalue weighted by Gasteiger charge is -2.17. The van der Waals surface area contributed by atoms with Gasteiger partial charge in [0, 0.05) is 12.4 Å². The molecule has 0 unspecified atom stereocenters. The maximum Gasteiger partial charge on any atom is 0.278 e. The molecule has 0 atom stereocenters. The summed E-state index contributed by atoms with van der Waals surface area (Å²) in [5.74, 6) is 0.319. The van der Waals surface area contributed by atoms with Crippen LogP contribution in [0.15, 0.2) is 33.3 Å². The Kier molecular flexibility index (Phi) is 1.37. The van der Waals surface area contributed by atoms with E-state index in [0.717, 1.165) is 5.41 Å². The molecule has 0 fully saturated rings. The molecule has 0 saturated heterocycles. The van der Waals surface area contributed by atoms with Crippen molar-refractivity contribution < 1.29 is 8.42 Å². The molecule has 0 saturated carbocycles. The predicted molar refractivity (Wildman–Crippen MR) is 45.0 cm³/mol. The molecule has 12 heavy (non-hydrogen) atoms. The van der Waals surface area contributed by atoms with Crippen LogP contribution in [0.3, 0.4) is 0 Å². The standard InChI is InChI=1S/C6H5N3O2S/c10-12(11)5-4-9-6(8-12)2-1-3-7-9/h1-5H. The van der Waals surface area contributed by atoms with Crippen molar-refractivity contribution in [1.29, 1.82) is 0 Å². The Morgan fingerprint density at radius 3 is 3.08 bits per heavy atom. The summed E-state index contributed by atoms with van der Waals surface area (Å²) in [7, 11) is -3.41. The molecule has 5 nitrogen and oxygen atoms in total. The predicted octanol–water partition coefficient (Wildman–Crippen LogP) is 0.0571. The van der Waals surface area contributed by atoms with Crippen LogP contribution in [0.5, 0.6) is 0 Å². The van der Waals surface area contributed by atoms with Crippen LogP contribution in [-0.4, -0.2) is 25.5 Å². The molecular weight excluding hydrogens is 178 g/mol. The third-order valence-corrected chi connectivity index (χ3v) is 2.26. The Morgan fingerprint density at radius 1 is 1.42 bits per heavy atom. The molecule has 0 aromatic rings. The van der Waals surface area contributed by atoms with Crippen LogP contribution in [0, 0.1) is 0 Å². The molecule has 0 aliphatic carbocycles. The topological polar surface area (TPSA) is 62.1 Å². The average molecular weight is 183 g/mol. The molecule has 2 heterocycles. The molecule has 2 rings (SSSR count). The molecule has 2 aliphatic rings. The first-order chi connectivity index (χ1) is 5.67. The van der Waals surface area contributed by atoms with Crippen molar-refractivity contribution >= 4 is 22.1 Å². The van der Waals surface area contributed by atoms with E-state index in [1.807, 2.05) is 0 Å². The molecule has 0 amide bonds. The Bertz CT molecular complexity index is 416.